The summed E-state index contributed by atoms with van der Waals surface area (Å²) in [6, 6.07) is 0. The Labute approximate surface area is 478 Å². The summed E-state index contributed by atoms with van der Waals surface area (Å²) in [6.45, 7) is 4.54. The standard InChI is InChI=1S/C66H119O11P/c1-4-7-10-13-16-19-22-25-28-30-31-33-36-39-42-45-48-51-54-57-66(70)77-63(59-73-64(68)55-52-49-46-43-40-37-34-27-24-21-18-15-12-9-6-3)61-75-78(71,72)74-60-62(58-67)76-65(69)56-53-50-47-44-41-38-35-32-29-26-23-20-17-14-11-8-5-2/h9,12,18,21,25,27-28,34,40,43,62-63,67H,4-8,10-11,13-17,19-20,22-24,26,29-33,35-39,41-42,44-61H2,1-3H3,(H,71,72)/b12-9-,21-18-,28-25-,34-27-,43-40-. The quantitative estimate of drug-likeness (QED) is 0.0197. The number of phosphoric acid groups is 1. The van der Waals surface area contributed by atoms with E-state index in [-0.39, 0.29) is 25.9 Å². The van der Waals surface area contributed by atoms with Crippen molar-refractivity contribution in [3.8, 4) is 0 Å². The van der Waals surface area contributed by atoms with E-state index in [1.54, 1.807) is 0 Å². The van der Waals surface area contributed by atoms with Crippen LogP contribution in [0.1, 0.15) is 303 Å². The van der Waals surface area contributed by atoms with Crippen LogP contribution in [-0.4, -0.2) is 66.5 Å². The molecule has 3 atom stereocenters. The molecule has 0 saturated heterocycles. The Morgan fingerprint density at radius 1 is 0.372 bits per heavy atom. The van der Waals surface area contributed by atoms with Gasteiger partial charge < -0.3 is 24.2 Å². The van der Waals surface area contributed by atoms with Gasteiger partial charge in [0.1, 0.15) is 12.7 Å². The third-order valence-corrected chi connectivity index (χ3v) is 14.9. The third kappa shape index (κ3) is 57.9. The Morgan fingerprint density at radius 3 is 1.06 bits per heavy atom. The minimum Gasteiger partial charge on any atom is -0.462 e. The lowest BCUT2D eigenvalue weighted by Gasteiger charge is -2.21. The van der Waals surface area contributed by atoms with Gasteiger partial charge in [0.15, 0.2) is 6.10 Å². The number of rotatable bonds is 60. The molecule has 0 aromatic carbocycles. The molecule has 3 unspecified atom stereocenters. The molecule has 454 valence electrons. The van der Waals surface area contributed by atoms with Crippen molar-refractivity contribution in [2.45, 2.75) is 315 Å². The molecule has 0 amide bonds. The Hall–Kier alpha value is -2.82. The van der Waals surface area contributed by atoms with Crippen LogP contribution in [0.3, 0.4) is 0 Å². The van der Waals surface area contributed by atoms with E-state index in [0.29, 0.717) is 19.3 Å². The molecule has 0 aromatic heterocycles. The first-order valence-corrected chi connectivity index (χ1v) is 33.7. The summed E-state index contributed by atoms with van der Waals surface area (Å²) in [5.41, 5.74) is 0. The number of esters is 3. The van der Waals surface area contributed by atoms with Crippen molar-refractivity contribution in [1.29, 1.82) is 0 Å². The number of carbonyl (C=O) groups excluding carboxylic acids is 3. The number of carbonyl (C=O) groups is 3. The van der Waals surface area contributed by atoms with E-state index >= 15 is 0 Å². The maximum absolute atomic E-state index is 12.9. The zero-order valence-corrected chi connectivity index (χ0v) is 51.3. The van der Waals surface area contributed by atoms with Gasteiger partial charge in [-0.1, -0.05) is 261 Å². The molecule has 0 aliphatic rings. The summed E-state index contributed by atoms with van der Waals surface area (Å²) < 4.78 is 39.6. The molecule has 78 heavy (non-hydrogen) atoms. The van der Waals surface area contributed by atoms with Crippen LogP contribution < -0.4 is 0 Å². The van der Waals surface area contributed by atoms with E-state index in [4.69, 9.17) is 23.3 Å². The minimum absolute atomic E-state index is 0.157. The van der Waals surface area contributed by atoms with Gasteiger partial charge >= 0.3 is 25.7 Å². The normalized spacial score (nSPS) is 13.7. The number of hydrogen-bond acceptors (Lipinski definition) is 10. The number of unbranched alkanes of at least 4 members (excludes halogenated alkanes) is 33. The fourth-order valence-corrected chi connectivity index (χ4v) is 9.83. The smallest absolute Gasteiger partial charge is 0.462 e. The summed E-state index contributed by atoms with van der Waals surface area (Å²) in [5, 5.41) is 9.85. The van der Waals surface area contributed by atoms with Crippen LogP contribution in [0.4, 0.5) is 0 Å². The van der Waals surface area contributed by atoms with Crippen LogP contribution in [-0.2, 0) is 42.2 Å². The van der Waals surface area contributed by atoms with Crippen molar-refractivity contribution in [2.24, 2.45) is 0 Å². The van der Waals surface area contributed by atoms with Crippen molar-refractivity contribution in [3.63, 3.8) is 0 Å². The molecule has 11 nitrogen and oxygen atoms in total. The number of allylic oxidation sites excluding steroid dienone is 10. The molecule has 0 aliphatic carbocycles. The first-order valence-electron chi connectivity index (χ1n) is 32.2. The van der Waals surface area contributed by atoms with E-state index in [1.807, 2.05) is 0 Å². The average molecular weight is 1120 g/mol. The van der Waals surface area contributed by atoms with E-state index < -0.39 is 57.8 Å². The molecule has 0 heterocycles. The van der Waals surface area contributed by atoms with Crippen molar-refractivity contribution in [2.75, 3.05) is 26.4 Å². The van der Waals surface area contributed by atoms with Crippen molar-refractivity contribution >= 4 is 25.7 Å². The lowest BCUT2D eigenvalue weighted by atomic mass is 10.0. The highest BCUT2D eigenvalue weighted by Gasteiger charge is 2.28. The van der Waals surface area contributed by atoms with Gasteiger partial charge in [-0.15, -0.1) is 0 Å². The van der Waals surface area contributed by atoms with Gasteiger partial charge in [-0.2, -0.15) is 0 Å². The van der Waals surface area contributed by atoms with E-state index in [2.05, 4.69) is 81.5 Å². The lowest BCUT2D eigenvalue weighted by Crippen LogP contribution is -2.30. The highest BCUT2D eigenvalue weighted by Crippen LogP contribution is 2.43. The number of aliphatic hydroxyl groups is 1. The number of ether oxygens (including phenoxy) is 3. The van der Waals surface area contributed by atoms with Crippen LogP contribution >= 0.6 is 7.82 Å². The second-order valence-electron chi connectivity index (χ2n) is 21.6. The Kier molecular flexibility index (Phi) is 58.1. The topological polar surface area (TPSA) is 155 Å². The van der Waals surface area contributed by atoms with Gasteiger partial charge in [-0.05, 0) is 83.5 Å². The monoisotopic (exact) mass is 1120 g/mol. The summed E-state index contributed by atoms with van der Waals surface area (Å²) in [4.78, 5) is 48.7. The van der Waals surface area contributed by atoms with Crippen LogP contribution in [0.25, 0.3) is 0 Å². The minimum atomic E-state index is -4.76. The molecule has 2 N–H and O–H groups in total. The highest BCUT2D eigenvalue weighted by atomic mass is 31.2. The lowest BCUT2D eigenvalue weighted by molar-refractivity contribution is -0.161. The summed E-state index contributed by atoms with van der Waals surface area (Å²) in [6.07, 6.45) is 67.5. The largest absolute Gasteiger partial charge is 0.472 e. The molecule has 12 heteroatoms. The number of aliphatic hydroxyl groups excluding tert-OH is 1. The Bertz CT molecular complexity index is 1540. The van der Waals surface area contributed by atoms with Crippen LogP contribution in [0.15, 0.2) is 60.8 Å². The first-order chi connectivity index (χ1) is 38.2. The predicted molar refractivity (Wildman–Crippen MR) is 325 cm³/mol. The zero-order chi connectivity index (χ0) is 56.9. The van der Waals surface area contributed by atoms with Gasteiger partial charge in [0.05, 0.1) is 19.8 Å². The molecule has 0 bridgehead atoms. The third-order valence-electron chi connectivity index (χ3n) is 13.9. The van der Waals surface area contributed by atoms with Gasteiger partial charge in [0.25, 0.3) is 0 Å². The fourth-order valence-electron chi connectivity index (χ4n) is 9.05. The fraction of sp³-hybridized carbons (Fsp3) is 0.803. The molecule has 0 aromatic rings. The molecule has 0 radical (unpaired) electrons. The SMILES string of the molecule is CC/C=C\C/C=C\C/C=C\C/C=C\CCCCC(=O)OCC(COP(=O)(O)OCC(CO)OC(=O)CCCCCCCCCCCCCCCCCCC)OC(=O)CCCCCCCCCCC/C=C\CCCCCCCC. The van der Waals surface area contributed by atoms with E-state index in [1.165, 1.54) is 167 Å². The highest BCUT2D eigenvalue weighted by molar-refractivity contribution is 7.47. The first kappa shape index (κ1) is 75.2. The van der Waals surface area contributed by atoms with Crippen molar-refractivity contribution in [1.82, 2.24) is 0 Å². The summed E-state index contributed by atoms with van der Waals surface area (Å²) in [5.74, 6) is -1.50. The van der Waals surface area contributed by atoms with Gasteiger partial charge in [-0.25, -0.2) is 4.57 Å². The molecule has 0 fully saturated rings. The number of phosphoric ester groups is 1. The zero-order valence-electron chi connectivity index (χ0n) is 50.4. The van der Waals surface area contributed by atoms with Gasteiger partial charge in [-0.3, -0.25) is 23.4 Å². The molecular weight excluding hydrogens is 1000 g/mol. The maximum Gasteiger partial charge on any atom is 0.472 e. The van der Waals surface area contributed by atoms with Gasteiger partial charge in [0, 0.05) is 19.3 Å². The van der Waals surface area contributed by atoms with E-state index in [9.17, 15) is 28.9 Å². The molecular formula is C66H119O11P. The number of hydrogen-bond donors (Lipinski definition) is 2. The Morgan fingerprint density at radius 2 is 0.667 bits per heavy atom. The van der Waals surface area contributed by atoms with Crippen LogP contribution in [0, 0.1) is 0 Å². The Balaban J connectivity index is 4.70. The second-order valence-corrected chi connectivity index (χ2v) is 23.0. The van der Waals surface area contributed by atoms with Crippen LogP contribution in [0.2, 0.25) is 0 Å². The van der Waals surface area contributed by atoms with Crippen LogP contribution in [0.5, 0.6) is 0 Å². The predicted octanol–water partition coefficient (Wildman–Crippen LogP) is 19.5. The van der Waals surface area contributed by atoms with Crippen molar-refractivity contribution in [3.05, 3.63) is 60.8 Å². The van der Waals surface area contributed by atoms with Crippen molar-refractivity contribution < 1.29 is 52.2 Å². The molecule has 0 spiro atoms. The molecule has 0 saturated carbocycles. The molecule has 0 aliphatic heterocycles. The second kappa shape index (κ2) is 60.3. The average Bonchev–Trinajstić information content (AvgIpc) is 3.43. The summed E-state index contributed by atoms with van der Waals surface area (Å²) in [7, 11) is -4.76. The van der Waals surface area contributed by atoms with Gasteiger partial charge in [0.2, 0.25) is 0 Å². The van der Waals surface area contributed by atoms with E-state index in [0.717, 1.165) is 77.0 Å². The molecule has 0 rings (SSSR count). The summed E-state index contributed by atoms with van der Waals surface area (Å²) >= 11 is 0. The maximum atomic E-state index is 12.9.